The van der Waals surface area contributed by atoms with Gasteiger partial charge in [-0.15, -0.1) is 23.1 Å². The van der Waals surface area contributed by atoms with Crippen LogP contribution in [0.25, 0.3) is 0 Å². The summed E-state index contributed by atoms with van der Waals surface area (Å²) in [5.74, 6) is -1.95. The van der Waals surface area contributed by atoms with Crippen LogP contribution in [0.3, 0.4) is 0 Å². The third-order valence-electron chi connectivity index (χ3n) is 6.10. The topological polar surface area (TPSA) is 131 Å². The normalized spacial score (nSPS) is 19.2. The first-order valence-corrected chi connectivity index (χ1v) is 15.0. The van der Waals surface area contributed by atoms with Crippen molar-refractivity contribution < 1.29 is 38.5 Å². The fourth-order valence-corrected chi connectivity index (χ4v) is 6.73. The van der Waals surface area contributed by atoms with Crippen molar-refractivity contribution in [3.8, 4) is 17.2 Å². The third kappa shape index (κ3) is 6.63. The molecule has 3 heterocycles. The van der Waals surface area contributed by atoms with Crippen molar-refractivity contribution in [2.24, 2.45) is 0 Å². The number of thioether (sulfide) groups is 1. The molecule has 1 aromatic heterocycles. The summed E-state index contributed by atoms with van der Waals surface area (Å²) in [6.45, 7) is -0.478. The lowest BCUT2D eigenvalue weighted by molar-refractivity contribution is -0.160. The van der Waals surface area contributed by atoms with Crippen LogP contribution >= 0.6 is 57.9 Å². The number of carbonyl (C=O) groups excluding carboxylic acids is 3. The molecule has 1 saturated heterocycles. The number of benzene rings is 2. The van der Waals surface area contributed by atoms with Gasteiger partial charge in [0.05, 0.1) is 11.4 Å². The van der Waals surface area contributed by atoms with Gasteiger partial charge in [0.15, 0.2) is 17.5 Å². The molecule has 10 nitrogen and oxygen atoms in total. The lowest BCUT2D eigenvalue weighted by atomic mass is 9.98. The Kier molecular flexibility index (Phi) is 9.19. The van der Waals surface area contributed by atoms with Crippen LogP contribution in [0.5, 0.6) is 17.2 Å². The van der Waals surface area contributed by atoms with E-state index in [0.717, 1.165) is 21.5 Å². The monoisotopic (exact) mass is 668 g/mol. The molecule has 42 heavy (non-hydrogen) atoms. The number of rotatable bonds is 9. The van der Waals surface area contributed by atoms with Gasteiger partial charge in [-0.1, -0.05) is 40.9 Å². The number of β-lactam (4-membered cyclic amide) rings is 1. The van der Waals surface area contributed by atoms with E-state index in [0.29, 0.717) is 5.02 Å². The lowest BCUT2D eigenvalue weighted by Gasteiger charge is -2.51. The van der Waals surface area contributed by atoms with E-state index in [1.165, 1.54) is 47.1 Å². The van der Waals surface area contributed by atoms with Crippen LogP contribution in [0.15, 0.2) is 64.9 Å². The van der Waals surface area contributed by atoms with Crippen LogP contribution in [-0.2, 0) is 25.5 Å². The number of hydrogen-bond donors (Lipinski definition) is 2. The van der Waals surface area contributed by atoms with Crippen LogP contribution in [0, 0.1) is 0 Å². The van der Waals surface area contributed by atoms with E-state index in [4.69, 9.17) is 49.0 Å². The van der Waals surface area contributed by atoms with Crippen molar-refractivity contribution in [1.29, 1.82) is 0 Å². The molecule has 2 N–H and O–H groups in total. The summed E-state index contributed by atoms with van der Waals surface area (Å²) in [7, 11) is 0. The molecule has 5 rings (SSSR count). The number of aliphatic carboxylic acids is 1. The molecule has 0 saturated carbocycles. The summed E-state index contributed by atoms with van der Waals surface area (Å²) in [4.78, 5) is 52.0. The minimum absolute atomic E-state index is 0.0839. The van der Waals surface area contributed by atoms with Crippen LogP contribution in [0.1, 0.15) is 4.88 Å². The standard InChI is InChI=1S/C27H19Cl3N2O8S2/c28-14-3-5-18(17(30)8-14)39-19-6-4-15(29)9-20(19)40-27(37)38-11-13-12-42-25-22(24(34)32(25)23(13)26(35)36)31-21(33)10-16-2-1-7-41-16/h1-9,12,22-23,25H,10-11H2,(H,31,33)(H,35,36)/t22?,23?,25-/m0/s1. The second-order valence-corrected chi connectivity index (χ2v) is 12.2. The summed E-state index contributed by atoms with van der Waals surface area (Å²) in [6.07, 6.45) is -1.06. The average Bonchev–Trinajstić information content (AvgIpc) is 3.45. The van der Waals surface area contributed by atoms with Crippen LogP contribution in [0.2, 0.25) is 15.1 Å². The lowest BCUT2D eigenvalue weighted by Crippen LogP contribution is -2.74. The number of nitrogens with one attached hydrogen (secondary N) is 1. The van der Waals surface area contributed by atoms with Crippen molar-refractivity contribution >= 4 is 81.8 Å². The number of fused-ring (bicyclic) bond motifs is 1. The first-order valence-electron chi connectivity index (χ1n) is 12.1. The van der Waals surface area contributed by atoms with Gasteiger partial charge in [0.25, 0.3) is 0 Å². The second-order valence-electron chi connectivity index (χ2n) is 8.92. The van der Waals surface area contributed by atoms with Crippen molar-refractivity contribution in [1.82, 2.24) is 10.2 Å². The number of amides is 2. The Labute approximate surface area is 262 Å². The number of carbonyl (C=O) groups is 4. The molecule has 0 spiro atoms. The first kappa shape index (κ1) is 30.1. The summed E-state index contributed by atoms with van der Waals surface area (Å²) < 4.78 is 16.2. The molecule has 2 amide bonds. The molecule has 3 aromatic rings. The smallest absolute Gasteiger partial charge is 0.479 e. The van der Waals surface area contributed by atoms with E-state index >= 15 is 0 Å². The maximum atomic E-state index is 12.9. The molecular formula is C27H19Cl3N2O8S2. The van der Waals surface area contributed by atoms with Crippen molar-refractivity contribution in [2.75, 3.05) is 6.61 Å². The number of carboxylic acid groups (broad SMARTS) is 1. The predicted molar refractivity (Wildman–Crippen MR) is 158 cm³/mol. The summed E-state index contributed by atoms with van der Waals surface area (Å²) in [5.41, 5.74) is 0.146. The number of carboxylic acids is 1. The summed E-state index contributed by atoms with van der Waals surface area (Å²) in [5, 5.41) is 16.2. The van der Waals surface area contributed by atoms with Gasteiger partial charge in [-0.25, -0.2) is 9.59 Å². The van der Waals surface area contributed by atoms with Crippen molar-refractivity contribution in [2.45, 2.75) is 23.9 Å². The fourth-order valence-electron chi connectivity index (χ4n) is 4.21. The van der Waals surface area contributed by atoms with Gasteiger partial charge in [-0.3, -0.25) is 9.59 Å². The van der Waals surface area contributed by atoms with Gasteiger partial charge in [0, 0.05) is 26.6 Å². The van der Waals surface area contributed by atoms with Gasteiger partial charge in [-0.2, -0.15) is 0 Å². The Morgan fingerprint density at radius 1 is 1.00 bits per heavy atom. The Balaban J connectivity index is 1.22. The predicted octanol–water partition coefficient (Wildman–Crippen LogP) is 6.00. The molecule has 0 radical (unpaired) electrons. The number of ether oxygens (including phenoxy) is 3. The zero-order chi connectivity index (χ0) is 30.0. The van der Waals surface area contributed by atoms with Crippen LogP contribution < -0.4 is 14.8 Å². The first-order chi connectivity index (χ1) is 20.1. The highest BCUT2D eigenvalue weighted by molar-refractivity contribution is 8.03. The highest BCUT2D eigenvalue weighted by Gasteiger charge is 2.56. The molecule has 218 valence electrons. The molecule has 0 aliphatic carbocycles. The van der Waals surface area contributed by atoms with E-state index < -0.39 is 42.1 Å². The largest absolute Gasteiger partial charge is 0.514 e. The van der Waals surface area contributed by atoms with Crippen LogP contribution in [0.4, 0.5) is 4.79 Å². The Morgan fingerprint density at radius 2 is 1.74 bits per heavy atom. The van der Waals surface area contributed by atoms with Crippen LogP contribution in [-0.4, -0.2) is 58.0 Å². The molecular weight excluding hydrogens is 651 g/mol. The van der Waals surface area contributed by atoms with Crippen molar-refractivity contribution in [3.63, 3.8) is 0 Å². The van der Waals surface area contributed by atoms with Gasteiger partial charge in [0.2, 0.25) is 11.8 Å². The number of halogens is 3. The number of nitrogens with zero attached hydrogens (tertiary/aromatic N) is 1. The van der Waals surface area contributed by atoms with E-state index in [9.17, 15) is 24.3 Å². The number of thiophene rings is 1. The molecule has 15 heteroatoms. The van der Waals surface area contributed by atoms with Gasteiger partial charge >= 0.3 is 12.1 Å². The minimum Gasteiger partial charge on any atom is -0.479 e. The SMILES string of the molecule is O=C(Cc1cccs1)NC1C(=O)N2C(C(=O)O)C(COC(=O)Oc3cc(Cl)ccc3Oc3ccc(Cl)cc3Cl)=CS[C@@H]12. The van der Waals surface area contributed by atoms with Crippen molar-refractivity contribution in [3.05, 3.63) is 84.8 Å². The Hall–Kier alpha value is -3.42. The zero-order valence-corrected chi connectivity index (χ0v) is 25.0. The summed E-state index contributed by atoms with van der Waals surface area (Å²) >= 11 is 20.7. The van der Waals surface area contributed by atoms with Gasteiger partial charge in [-0.05, 0) is 47.2 Å². The minimum atomic E-state index is -1.39. The van der Waals surface area contributed by atoms with Gasteiger partial charge in [0.1, 0.15) is 23.8 Å². The number of hydrogen-bond acceptors (Lipinski definition) is 9. The third-order valence-corrected chi connectivity index (χ3v) is 8.96. The molecule has 0 bridgehead atoms. The van der Waals surface area contributed by atoms with E-state index in [2.05, 4.69) is 5.32 Å². The molecule has 2 aliphatic heterocycles. The van der Waals surface area contributed by atoms with E-state index in [-0.39, 0.29) is 45.2 Å². The molecule has 2 unspecified atom stereocenters. The summed E-state index contributed by atoms with van der Waals surface area (Å²) in [6, 6.07) is 10.2. The molecule has 1 fully saturated rings. The highest BCUT2D eigenvalue weighted by Crippen LogP contribution is 2.41. The zero-order valence-electron chi connectivity index (χ0n) is 21.1. The van der Waals surface area contributed by atoms with E-state index in [1.54, 1.807) is 6.07 Å². The Bertz CT molecular complexity index is 1580. The molecule has 2 aliphatic rings. The maximum absolute atomic E-state index is 12.9. The highest BCUT2D eigenvalue weighted by atomic mass is 35.5. The second kappa shape index (κ2) is 12.8. The Morgan fingerprint density at radius 3 is 2.43 bits per heavy atom. The quantitative estimate of drug-likeness (QED) is 0.160. The van der Waals surface area contributed by atoms with E-state index in [1.807, 2.05) is 17.5 Å². The fraction of sp³-hybridized carbons (Fsp3) is 0.185. The molecule has 3 atom stereocenters. The maximum Gasteiger partial charge on any atom is 0.514 e. The average molecular weight is 670 g/mol. The van der Waals surface area contributed by atoms with Gasteiger partial charge < -0.3 is 29.5 Å². The molecule has 2 aromatic carbocycles.